The lowest BCUT2D eigenvalue weighted by atomic mass is 10.3. The largest absolute Gasteiger partial charge is 0.355 e. The molecule has 0 bridgehead atoms. The minimum absolute atomic E-state index is 0.488. The summed E-state index contributed by atoms with van der Waals surface area (Å²) in [7, 11) is 4.05. The Hall–Kier alpha value is -1.20. The fraction of sp³-hybridized carbons (Fsp3) is 0.611. The molecule has 0 saturated heterocycles. The molecule has 2 rings (SSSR count). The van der Waals surface area contributed by atoms with Crippen LogP contribution in [0.2, 0.25) is 0 Å². The van der Waals surface area contributed by atoms with Crippen LogP contribution in [0.3, 0.4) is 0 Å². The molecule has 2 N–H and O–H groups in total. The average molecular weight is 335 g/mol. The number of guanidine groups is 1. The molecule has 0 amide bonds. The van der Waals surface area contributed by atoms with Crippen LogP contribution < -0.4 is 10.6 Å². The van der Waals surface area contributed by atoms with Crippen LogP contribution in [0.4, 0.5) is 0 Å². The molecular formula is C18H30N4S. The van der Waals surface area contributed by atoms with Crippen molar-refractivity contribution in [1.29, 1.82) is 0 Å². The standard InChI is InChI=1S/C18H30N4S/c1-14(22(4)16-10-11-16)12-20-18(19-3)21-13-15(2)23-17-8-6-5-7-9-17/h5-9,14-16H,10-13H2,1-4H3,(H2,19,20,21). The van der Waals surface area contributed by atoms with Gasteiger partial charge in [0.15, 0.2) is 5.96 Å². The van der Waals surface area contributed by atoms with Gasteiger partial charge in [-0.1, -0.05) is 25.1 Å². The highest BCUT2D eigenvalue weighted by molar-refractivity contribution is 8.00. The molecule has 0 spiro atoms. The molecule has 4 nitrogen and oxygen atoms in total. The molecule has 2 atom stereocenters. The summed E-state index contributed by atoms with van der Waals surface area (Å²) in [6.07, 6.45) is 2.70. The number of nitrogens with one attached hydrogen (secondary N) is 2. The Balaban J connectivity index is 1.67. The van der Waals surface area contributed by atoms with E-state index in [-0.39, 0.29) is 0 Å². The summed E-state index contributed by atoms with van der Waals surface area (Å²) in [6.45, 7) is 6.33. The van der Waals surface area contributed by atoms with E-state index < -0.39 is 0 Å². The first-order valence-electron chi connectivity index (χ1n) is 8.48. The van der Waals surface area contributed by atoms with Crippen LogP contribution in [0.25, 0.3) is 0 Å². The highest BCUT2D eigenvalue weighted by atomic mass is 32.2. The fourth-order valence-electron chi connectivity index (χ4n) is 2.46. The molecule has 5 heteroatoms. The highest BCUT2D eigenvalue weighted by Crippen LogP contribution is 2.26. The molecule has 1 aromatic rings. The first-order chi connectivity index (χ1) is 11.1. The fourth-order valence-corrected chi connectivity index (χ4v) is 3.41. The van der Waals surface area contributed by atoms with E-state index in [0.717, 1.165) is 25.1 Å². The lowest BCUT2D eigenvalue weighted by Gasteiger charge is -2.25. The van der Waals surface area contributed by atoms with E-state index >= 15 is 0 Å². The van der Waals surface area contributed by atoms with Gasteiger partial charge in [-0.25, -0.2) is 0 Å². The van der Waals surface area contributed by atoms with Crippen molar-refractivity contribution in [3.05, 3.63) is 30.3 Å². The van der Waals surface area contributed by atoms with Crippen molar-refractivity contribution in [1.82, 2.24) is 15.5 Å². The van der Waals surface area contributed by atoms with Crippen LogP contribution in [0, 0.1) is 0 Å². The maximum absolute atomic E-state index is 4.33. The number of benzene rings is 1. The second-order valence-electron chi connectivity index (χ2n) is 6.32. The van der Waals surface area contributed by atoms with Gasteiger partial charge in [0.1, 0.15) is 0 Å². The van der Waals surface area contributed by atoms with Gasteiger partial charge in [-0.05, 0) is 38.9 Å². The summed E-state index contributed by atoms with van der Waals surface area (Å²) in [5.41, 5.74) is 0. The predicted molar refractivity (Wildman–Crippen MR) is 101 cm³/mol. The Kier molecular flexibility index (Phi) is 7.24. The van der Waals surface area contributed by atoms with Gasteiger partial charge in [0.25, 0.3) is 0 Å². The Morgan fingerprint density at radius 3 is 2.48 bits per heavy atom. The minimum Gasteiger partial charge on any atom is -0.355 e. The van der Waals surface area contributed by atoms with Crippen LogP contribution in [0.15, 0.2) is 40.2 Å². The molecule has 0 radical (unpaired) electrons. The van der Waals surface area contributed by atoms with Gasteiger partial charge < -0.3 is 10.6 Å². The summed E-state index contributed by atoms with van der Waals surface area (Å²) in [4.78, 5) is 8.10. The van der Waals surface area contributed by atoms with Crippen LogP contribution >= 0.6 is 11.8 Å². The molecule has 1 saturated carbocycles. The zero-order valence-corrected chi connectivity index (χ0v) is 15.6. The molecular weight excluding hydrogens is 304 g/mol. The van der Waals surface area contributed by atoms with Gasteiger partial charge in [-0.2, -0.15) is 0 Å². The molecule has 1 fully saturated rings. The van der Waals surface area contributed by atoms with Crippen LogP contribution in [-0.2, 0) is 0 Å². The Morgan fingerprint density at radius 2 is 1.87 bits per heavy atom. The molecule has 1 aliphatic rings. The smallest absolute Gasteiger partial charge is 0.191 e. The summed E-state index contributed by atoms with van der Waals surface area (Å²) in [5.74, 6) is 0.890. The average Bonchev–Trinajstić information content (AvgIpc) is 3.40. The number of hydrogen-bond acceptors (Lipinski definition) is 3. The number of rotatable bonds is 8. The molecule has 1 aliphatic carbocycles. The lowest BCUT2D eigenvalue weighted by Crippen LogP contribution is -2.46. The van der Waals surface area contributed by atoms with Gasteiger partial charge in [-0.15, -0.1) is 11.8 Å². The first kappa shape index (κ1) is 18.1. The van der Waals surface area contributed by atoms with E-state index in [1.54, 1.807) is 0 Å². The maximum atomic E-state index is 4.33. The molecule has 23 heavy (non-hydrogen) atoms. The highest BCUT2D eigenvalue weighted by Gasteiger charge is 2.28. The normalized spacial score (nSPS) is 17.9. The van der Waals surface area contributed by atoms with Crippen LogP contribution in [-0.4, -0.2) is 55.4 Å². The quantitative estimate of drug-likeness (QED) is 0.436. The Morgan fingerprint density at radius 1 is 1.22 bits per heavy atom. The third kappa shape index (κ3) is 6.43. The number of likely N-dealkylation sites (N-methyl/N-ethyl adjacent to an activating group) is 1. The summed E-state index contributed by atoms with van der Waals surface area (Å²) >= 11 is 1.88. The van der Waals surface area contributed by atoms with Gasteiger partial charge >= 0.3 is 0 Å². The third-order valence-corrected chi connectivity index (χ3v) is 5.36. The zero-order valence-electron chi connectivity index (χ0n) is 14.7. The van der Waals surface area contributed by atoms with Crippen molar-refractivity contribution in [2.45, 2.75) is 48.9 Å². The van der Waals surface area contributed by atoms with E-state index in [0.29, 0.717) is 11.3 Å². The number of nitrogens with zero attached hydrogens (tertiary/aromatic N) is 2. The van der Waals surface area contributed by atoms with Crippen LogP contribution in [0.1, 0.15) is 26.7 Å². The molecule has 128 valence electrons. The second kappa shape index (κ2) is 9.18. The summed E-state index contributed by atoms with van der Waals surface area (Å²) in [6, 6.07) is 11.9. The molecule has 0 heterocycles. The van der Waals surface area contributed by atoms with E-state index in [1.807, 2.05) is 18.8 Å². The van der Waals surface area contributed by atoms with E-state index in [1.165, 1.54) is 17.7 Å². The Labute approximate surface area is 145 Å². The van der Waals surface area contributed by atoms with E-state index in [2.05, 4.69) is 71.8 Å². The van der Waals surface area contributed by atoms with Crippen molar-refractivity contribution in [2.75, 3.05) is 27.2 Å². The molecule has 0 aliphatic heterocycles. The first-order valence-corrected chi connectivity index (χ1v) is 9.36. The van der Waals surface area contributed by atoms with Crippen molar-refractivity contribution < 1.29 is 0 Å². The monoisotopic (exact) mass is 334 g/mol. The van der Waals surface area contributed by atoms with Crippen molar-refractivity contribution in [3.8, 4) is 0 Å². The van der Waals surface area contributed by atoms with Crippen molar-refractivity contribution in [3.63, 3.8) is 0 Å². The predicted octanol–water partition coefficient (Wildman–Crippen LogP) is 2.81. The van der Waals surface area contributed by atoms with E-state index in [4.69, 9.17) is 0 Å². The SMILES string of the molecule is CN=C(NCC(C)Sc1ccccc1)NCC(C)N(C)C1CC1. The van der Waals surface area contributed by atoms with Gasteiger partial charge in [0.2, 0.25) is 0 Å². The van der Waals surface area contributed by atoms with Gasteiger partial charge in [0.05, 0.1) is 0 Å². The van der Waals surface area contributed by atoms with Crippen molar-refractivity contribution >= 4 is 17.7 Å². The summed E-state index contributed by atoms with van der Waals surface area (Å²) < 4.78 is 0. The number of aliphatic imine (C=N–C) groups is 1. The van der Waals surface area contributed by atoms with Gasteiger partial charge in [-0.3, -0.25) is 9.89 Å². The molecule has 0 aromatic heterocycles. The summed E-state index contributed by atoms with van der Waals surface area (Å²) in [5, 5.41) is 7.36. The minimum atomic E-state index is 0.488. The van der Waals surface area contributed by atoms with Crippen molar-refractivity contribution in [2.24, 2.45) is 4.99 Å². The number of thioether (sulfide) groups is 1. The Bertz CT molecular complexity index is 487. The van der Waals surface area contributed by atoms with E-state index in [9.17, 15) is 0 Å². The maximum Gasteiger partial charge on any atom is 0.191 e. The zero-order chi connectivity index (χ0) is 16.7. The molecule has 1 aromatic carbocycles. The topological polar surface area (TPSA) is 39.7 Å². The van der Waals surface area contributed by atoms with Crippen LogP contribution in [0.5, 0.6) is 0 Å². The third-order valence-electron chi connectivity index (χ3n) is 4.24. The van der Waals surface area contributed by atoms with Gasteiger partial charge in [0, 0.05) is 42.4 Å². The second-order valence-corrected chi connectivity index (χ2v) is 7.83. The lowest BCUT2D eigenvalue weighted by molar-refractivity contribution is 0.247. The number of hydrogen-bond donors (Lipinski definition) is 2. The molecule has 2 unspecified atom stereocenters.